The smallest absolute Gasteiger partial charge is 0.243 e. The van der Waals surface area contributed by atoms with Crippen LogP contribution in [-0.2, 0) is 26.2 Å². The van der Waals surface area contributed by atoms with Crippen molar-refractivity contribution in [3.05, 3.63) is 59.1 Å². The zero-order chi connectivity index (χ0) is 27.6. The van der Waals surface area contributed by atoms with Gasteiger partial charge in [0.05, 0.1) is 24.1 Å². The van der Waals surface area contributed by atoms with Crippen LogP contribution in [0.3, 0.4) is 0 Å². The van der Waals surface area contributed by atoms with Crippen LogP contribution in [0.15, 0.2) is 48.5 Å². The van der Waals surface area contributed by atoms with Gasteiger partial charge in [0.15, 0.2) is 0 Å². The summed E-state index contributed by atoms with van der Waals surface area (Å²) in [7, 11) is -2.15. The molecule has 1 N–H and O–H groups in total. The van der Waals surface area contributed by atoms with Crippen molar-refractivity contribution in [2.45, 2.75) is 65.1 Å². The molecule has 0 radical (unpaired) electrons. The number of carbonyl (C=O) groups is 2. The lowest BCUT2D eigenvalue weighted by Gasteiger charge is -2.32. The number of rotatable bonds is 14. The van der Waals surface area contributed by atoms with Gasteiger partial charge in [0, 0.05) is 25.6 Å². The number of amides is 2. The van der Waals surface area contributed by atoms with Gasteiger partial charge in [-0.1, -0.05) is 55.8 Å². The van der Waals surface area contributed by atoms with E-state index < -0.39 is 16.1 Å². The third-order valence-electron chi connectivity index (χ3n) is 6.16. The number of nitrogens with one attached hydrogen (secondary N) is 1. The first kappa shape index (κ1) is 30.4. The van der Waals surface area contributed by atoms with Crippen LogP contribution in [0, 0.1) is 0 Å². The van der Waals surface area contributed by atoms with E-state index in [2.05, 4.69) is 5.32 Å². The molecule has 204 valence electrons. The molecule has 2 aromatic rings. The van der Waals surface area contributed by atoms with Crippen LogP contribution in [0.4, 0.5) is 5.69 Å². The van der Waals surface area contributed by atoms with Gasteiger partial charge in [0.2, 0.25) is 21.8 Å². The molecule has 0 saturated heterocycles. The van der Waals surface area contributed by atoms with Crippen molar-refractivity contribution in [1.29, 1.82) is 0 Å². The predicted octanol–water partition coefficient (Wildman–Crippen LogP) is 4.62. The molecule has 0 heterocycles. The van der Waals surface area contributed by atoms with E-state index in [1.807, 2.05) is 51.1 Å². The number of hydrogen-bond acceptors (Lipinski definition) is 5. The minimum absolute atomic E-state index is 0.00475. The van der Waals surface area contributed by atoms with E-state index in [-0.39, 0.29) is 48.8 Å². The fraction of sp³-hybridized carbons (Fsp3) is 0.481. The number of benzene rings is 2. The Balaban J connectivity index is 2.21. The average molecular weight is 552 g/mol. The molecule has 0 saturated carbocycles. The summed E-state index contributed by atoms with van der Waals surface area (Å²) in [5, 5.41) is 3.28. The lowest BCUT2D eigenvalue weighted by atomic mass is 10.1. The Morgan fingerprint density at radius 3 is 2.30 bits per heavy atom. The molecule has 2 amide bonds. The first-order valence-corrected chi connectivity index (χ1v) is 14.7. The summed E-state index contributed by atoms with van der Waals surface area (Å²) in [4.78, 5) is 28.1. The molecule has 0 aliphatic heterocycles. The van der Waals surface area contributed by atoms with E-state index >= 15 is 0 Å². The van der Waals surface area contributed by atoms with E-state index in [0.29, 0.717) is 17.9 Å². The normalized spacial score (nSPS) is 12.9. The summed E-state index contributed by atoms with van der Waals surface area (Å²) in [6, 6.07) is 13.6. The molecule has 10 heteroatoms. The summed E-state index contributed by atoms with van der Waals surface area (Å²) < 4.78 is 31.4. The van der Waals surface area contributed by atoms with Crippen molar-refractivity contribution >= 4 is 39.1 Å². The Morgan fingerprint density at radius 1 is 1.08 bits per heavy atom. The predicted molar refractivity (Wildman–Crippen MR) is 148 cm³/mol. The molecular formula is C27H38ClN3O5S. The van der Waals surface area contributed by atoms with Crippen LogP contribution in [0.1, 0.15) is 52.0 Å². The summed E-state index contributed by atoms with van der Waals surface area (Å²) in [6.07, 6.45) is 2.70. The van der Waals surface area contributed by atoms with Crippen molar-refractivity contribution < 1.29 is 22.7 Å². The van der Waals surface area contributed by atoms with Crippen LogP contribution in [0.5, 0.6) is 5.75 Å². The van der Waals surface area contributed by atoms with Crippen molar-refractivity contribution in [1.82, 2.24) is 10.2 Å². The molecule has 2 atom stereocenters. The summed E-state index contributed by atoms with van der Waals surface area (Å²) in [6.45, 7) is 6.17. The Morgan fingerprint density at radius 2 is 1.76 bits per heavy atom. The van der Waals surface area contributed by atoms with Gasteiger partial charge in [-0.2, -0.15) is 0 Å². The topological polar surface area (TPSA) is 96.0 Å². The second-order valence-corrected chi connectivity index (χ2v) is 11.3. The Bertz CT molecular complexity index is 1140. The van der Waals surface area contributed by atoms with Crippen LogP contribution < -0.4 is 14.4 Å². The summed E-state index contributed by atoms with van der Waals surface area (Å²) >= 11 is 6.21. The minimum Gasteiger partial charge on any atom is -0.495 e. The Hall–Kier alpha value is -2.78. The van der Waals surface area contributed by atoms with Gasteiger partial charge in [-0.25, -0.2) is 8.42 Å². The first-order chi connectivity index (χ1) is 17.5. The van der Waals surface area contributed by atoms with Gasteiger partial charge in [-0.05, 0) is 49.9 Å². The quantitative estimate of drug-likeness (QED) is 0.370. The number of anilines is 1. The van der Waals surface area contributed by atoms with Gasteiger partial charge in [0.1, 0.15) is 11.8 Å². The molecule has 2 aromatic carbocycles. The lowest BCUT2D eigenvalue weighted by molar-refractivity contribution is -0.141. The van der Waals surface area contributed by atoms with Crippen LogP contribution in [0.25, 0.3) is 0 Å². The number of nitrogens with zero attached hydrogens (tertiary/aromatic N) is 2. The molecule has 0 aromatic heterocycles. The highest BCUT2D eigenvalue weighted by Gasteiger charge is 2.29. The molecule has 2 rings (SSSR count). The van der Waals surface area contributed by atoms with E-state index in [4.69, 9.17) is 16.3 Å². The molecule has 0 fully saturated rings. The standard InChI is InChI=1S/C27H38ClN3O5S/c1-6-20(3)29-27(33)24(7-2)30(19-21-12-9-8-10-13-21)26(32)14-11-17-31(37(5,34)35)22-15-16-25(36-4)23(28)18-22/h8-10,12-13,15-16,18,20,24H,6-7,11,14,17,19H2,1-5H3,(H,29,33)/t20-,24+/m0/s1. The van der Waals surface area contributed by atoms with Gasteiger partial charge >= 0.3 is 0 Å². The number of halogens is 1. The van der Waals surface area contributed by atoms with E-state index in [1.54, 1.807) is 17.0 Å². The SMILES string of the molecule is CC[C@H](C(=O)N[C@@H](C)CC)N(Cc1ccccc1)C(=O)CCCN(c1ccc(OC)c(Cl)c1)S(C)(=O)=O. The molecule has 0 aliphatic carbocycles. The molecule has 0 unspecified atom stereocenters. The zero-order valence-electron chi connectivity index (χ0n) is 22.2. The molecule has 37 heavy (non-hydrogen) atoms. The average Bonchev–Trinajstić information content (AvgIpc) is 2.86. The number of carbonyl (C=O) groups excluding carboxylic acids is 2. The maximum absolute atomic E-state index is 13.5. The Labute approximate surface area is 226 Å². The van der Waals surface area contributed by atoms with Crippen LogP contribution in [0.2, 0.25) is 5.02 Å². The minimum atomic E-state index is -3.63. The zero-order valence-corrected chi connectivity index (χ0v) is 23.8. The van der Waals surface area contributed by atoms with Crippen molar-refractivity contribution in [3.63, 3.8) is 0 Å². The monoisotopic (exact) mass is 551 g/mol. The molecule has 0 spiro atoms. The number of methoxy groups -OCH3 is 1. The fourth-order valence-corrected chi connectivity index (χ4v) is 5.16. The highest BCUT2D eigenvalue weighted by Crippen LogP contribution is 2.30. The van der Waals surface area contributed by atoms with Gasteiger partial charge in [-0.15, -0.1) is 0 Å². The van der Waals surface area contributed by atoms with E-state index in [0.717, 1.165) is 18.2 Å². The number of hydrogen-bond donors (Lipinski definition) is 1. The fourth-order valence-electron chi connectivity index (χ4n) is 3.96. The maximum Gasteiger partial charge on any atom is 0.243 e. The lowest BCUT2D eigenvalue weighted by Crippen LogP contribution is -2.50. The third-order valence-corrected chi connectivity index (χ3v) is 7.65. The maximum atomic E-state index is 13.5. The largest absolute Gasteiger partial charge is 0.495 e. The van der Waals surface area contributed by atoms with Gasteiger partial charge in [0.25, 0.3) is 0 Å². The summed E-state index contributed by atoms with van der Waals surface area (Å²) in [5.41, 5.74) is 1.30. The second-order valence-electron chi connectivity index (χ2n) is 9.01. The molecule has 8 nitrogen and oxygen atoms in total. The van der Waals surface area contributed by atoms with Gasteiger partial charge < -0.3 is 15.0 Å². The van der Waals surface area contributed by atoms with Crippen molar-refractivity contribution in [2.75, 3.05) is 24.2 Å². The summed E-state index contributed by atoms with van der Waals surface area (Å²) in [5.74, 6) is 0.0369. The van der Waals surface area contributed by atoms with E-state index in [1.165, 1.54) is 17.5 Å². The molecular weight excluding hydrogens is 514 g/mol. The van der Waals surface area contributed by atoms with Crippen LogP contribution in [-0.4, -0.2) is 57.1 Å². The van der Waals surface area contributed by atoms with Crippen LogP contribution >= 0.6 is 11.6 Å². The molecule has 0 aliphatic rings. The number of sulfonamides is 1. The first-order valence-electron chi connectivity index (χ1n) is 12.5. The molecule has 0 bridgehead atoms. The highest BCUT2D eigenvalue weighted by molar-refractivity contribution is 7.92. The van der Waals surface area contributed by atoms with E-state index in [9.17, 15) is 18.0 Å². The highest BCUT2D eigenvalue weighted by atomic mass is 35.5. The second kappa shape index (κ2) is 14.2. The third kappa shape index (κ3) is 8.93. The van der Waals surface area contributed by atoms with Crippen molar-refractivity contribution in [2.24, 2.45) is 0 Å². The Kier molecular flexibility index (Phi) is 11.7. The van der Waals surface area contributed by atoms with Crippen molar-refractivity contribution in [3.8, 4) is 5.75 Å². The number of ether oxygens (including phenoxy) is 1. The van der Waals surface area contributed by atoms with Gasteiger partial charge in [-0.3, -0.25) is 13.9 Å².